The molecule has 6 nitrogen and oxygen atoms in total. The normalized spacial score (nSPS) is 16.3. The van der Waals surface area contributed by atoms with Gasteiger partial charge in [-0.25, -0.2) is 12.8 Å². The summed E-state index contributed by atoms with van der Waals surface area (Å²) in [4.78, 5) is 13.2. The van der Waals surface area contributed by atoms with Gasteiger partial charge >= 0.3 is 0 Å². The van der Waals surface area contributed by atoms with E-state index in [1.807, 2.05) is 4.90 Å². The van der Waals surface area contributed by atoms with E-state index in [1.54, 1.807) is 19.1 Å². The van der Waals surface area contributed by atoms with Gasteiger partial charge in [0.1, 0.15) is 5.82 Å². The number of sulfonamides is 1. The van der Waals surface area contributed by atoms with Crippen molar-refractivity contribution >= 4 is 21.6 Å². The molecule has 1 fully saturated rings. The Morgan fingerprint density at radius 1 is 1.17 bits per heavy atom. The van der Waals surface area contributed by atoms with Gasteiger partial charge in [-0.05, 0) is 24.3 Å². The molecule has 0 aliphatic carbocycles. The van der Waals surface area contributed by atoms with Gasteiger partial charge in [0.2, 0.25) is 15.9 Å². The molecule has 0 bridgehead atoms. The van der Waals surface area contributed by atoms with Gasteiger partial charge in [0.25, 0.3) is 0 Å². The van der Waals surface area contributed by atoms with Gasteiger partial charge in [-0.15, -0.1) is 0 Å². The molecular weight excluding hydrogens is 321 g/mol. The molecule has 0 spiro atoms. The maximum atomic E-state index is 12.9. The Morgan fingerprint density at radius 3 is 2.35 bits per heavy atom. The van der Waals surface area contributed by atoms with Crippen LogP contribution in [0.2, 0.25) is 0 Å². The highest BCUT2D eigenvalue weighted by Gasteiger charge is 2.26. The largest absolute Gasteiger partial charge is 0.369 e. The predicted octanol–water partition coefficient (Wildman–Crippen LogP) is 0.804. The lowest BCUT2D eigenvalue weighted by molar-refractivity contribution is -0.120. The highest BCUT2D eigenvalue weighted by atomic mass is 32.2. The summed E-state index contributed by atoms with van der Waals surface area (Å²) >= 11 is 0. The standard InChI is InChI=1S/C15H22FN3O3S/c1-2-15(20)17-7-12-23(21,22)19-10-8-18(9-11-19)14-5-3-13(16)4-6-14/h3-6H,2,7-12H2,1H3,(H,17,20). The minimum Gasteiger partial charge on any atom is -0.369 e. The summed E-state index contributed by atoms with van der Waals surface area (Å²) < 4.78 is 38.9. The van der Waals surface area contributed by atoms with Crippen molar-refractivity contribution in [1.29, 1.82) is 0 Å². The van der Waals surface area contributed by atoms with Gasteiger partial charge in [0, 0.05) is 44.8 Å². The zero-order valence-electron chi connectivity index (χ0n) is 13.2. The number of piperazine rings is 1. The molecule has 0 atom stereocenters. The Balaban J connectivity index is 1.85. The first kappa shape index (κ1) is 17.7. The van der Waals surface area contributed by atoms with E-state index in [9.17, 15) is 17.6 Å². The van der Waals surface area contributed by atoms with E-state index in [-0.39, 0.29) is 24.0 Å². The summed E-state index contributed by atoms with van der Waals surface area (Å²) in [5.41, 5.74) is 0.888. The van der Waals surface area contributed by atoms with Gasteiger partial charge in [-0.1, -0.05) is 6.92 Å². The van der Waals surface area contributed by atoms with Gasteiger partial charge in [-0.2, -0.15) is 4.31 Å². The number of nitrogens with one attached hydrogen (secondary N) is 1. The fourth-order valence-corrected chi connectivity index (χ4v) is 3.79. The first-order chi connectivity index (χ1) is 10.9. The number of carbonyl (C=O) groups is 1. The number of anilines is 1. The molecule has 1 aliphatic rings. The van der Waals surface area contributed by atoms with Crippen LogP contribution in [0, 0.1) is 5.82 Å². The predicted molar refractivity (Wildman–Crippen MR) is 87.3 cm³/mol. The van der Waals surface area contributed by atoms with E-state index < -0.39 is 10.0 Å². The smallest absolute Gasteiger partial charge is 0.219 e. The summed E-state index contributed by atoms with van der Waals surface area (Å²) in [5, 5.41) is 2.58. The fourth-order valence-electron chi connectivity index (χ4n) is 2.45. The number of rotatable bonds is 6. The van der Waals surface area contributed by atoms with E-state index >= 15 is 0 Å². The van der Waals surface area contributed by atoms with E-state index in [0.29, 0.717) is 32.6 Å². The lowest BCUT2D eigenvalue weighted by atomic mass is 10.2. The molecule has 0 aromatic heterocycles. The third-order valence-electron chi connectivity index (χ3n) is 3.83. The zero-order chi connectivity index (χ0) is 16.9. The van der Waals surface area contributed by atoms with Crippen molar-refractivity contribution in [3.8, 4) is 0 Å². The second kappa shape index (κ2) is 7.74. The lowest BCUT2D eigenvalue weighted by Gasteiger charge is -2.35. The number of carbonyl (C=O) groups excluding carboxylic acids is 1. The third-order valence-corrected chi connectivity index (χ3v) is 5.70. The molecule has 1 amide bonds. The zero-order valence-corrected chi connectivity index (χ0v) is 14.0. The molecule has 8 heteroatoms. The molecule has 2 rings (SSSR count). The SMILES string of the molecule is CCC(=O)NCCS(=O)(=O)N1CCN(c2ccc(F)cc2)CC1. The second-order valence-corrected chi connectivity index (χ2v) is 7.47. The van der Waals surface area contributed by atoms with E-state index in [1.165, 1.54) is 16.4 Å². The second-order valence-electron chi connectivity index (χ2n) is 5.38. The highest BCUT2D eigenvalue weighted by Crippen LogP contribution is 2.18. The Morgan fingerprint density at radius 2 is 1.78 bits per heavy atom. The molecule has 1 heterocycles. The number of hydrogen-bond acceptors (Lipinski definition) is 4. The van der Waals surface area contributed by atoms with Crippen molar-refractivity contribution in [3.63, 3.8) is 0 Å². The van der Waals surface area contributed by atoms with Crippen LogP contribution in [-0.2, 0) is 14.8 Å². The maximum absolute atomic E-state index is 12.9. The van der Waals surface area contributed by atoms with Crippen LogP contribution in [0.3, 0.4) is 0 Å². The number of amides is 1. The molecule has 1 aromatic rings. The molecule has 1 N–H and O–H groups in total. The molecule has 1 aromatic carbocycles. The minimum atomic E-state index is -3.37. The monoisotopic (exact) mass is 343 g/mol. The summed E-state index contributed by atoms with van der Waals surface area (Å²) in [5.74, 6) is -0.527. The Hall–Kier alpha value is -1.67. The van der Waals surface area contributed by atoms with Gasteiger partial charge in [-0.3, -0.25) is 4.79 Å². The number of benzene rings is 1. The van der Waals surface area contributed by atoms with Gasteiger partial charge in [0.05, 0.1) is 5.75 Å². The topological polar surface area (TPSA) is 69.7 Å². The molecule has 128 valence electrons. The Labute approximate surface area is 136 Å². The molecule has 1 aliphatic heterocycles. The van der Waals surface area contributed by atoms with Crippen LogP contribution >= 0.6 is 0 Å². The first-order valence-corrected chi connectivity index (χ1v) is 9.28. The van der Waals surface area contributed by atoms with Crippen molar-refractivity contribution in [3.05, 3.63) is 30.1 Å². The van der Waals surface area contributed by atoms with E-state index in [0.717, 1.165) is 5.69 Å². The van der Waals surface area contributed by atoms with Crippen molar-refractivity contribution in [2.75, 3.05) is 43.4 Å². The minimum absolute atomic E-state index is 0.0880. The first-order valence-electron chi connectivity index (χ1n) is 7.67. The van der Waals surface area contributed by atoms with Crippen molar-refractivity contribution in [2.24, 2.45) is 0 Å². The van der Waals surface area contributed by atoms with Gasteiger partial charge in [0.15, 0.2) is 0 Å². The summed E-state index contributed by atoms with van der Waals surface area (Å²) in [6.07, 6.45) is 0.344. The van der Waals surface area contributed by atoms with E-state index in [2.05, 4.69) is 5.32 Å². The van der Waals surface area contributed by atoms with Crippen LogP contribution < -0.4 is 10.2 Å². The molecule has 0 radical (unpaired) electrons. The van der Waals surface area contributed by atoms with Gasteiger partial charge < -0.3 is 10.2 Å². The maximum Gasteiger partial charge on any atom is 0.219 e. The van der Waals surface area contributed by atoms with Crippen LogP contribution in [0.4, 0.5) is 10.1 Å². The Kier molecular flexibility index (Phi) is 5.95. The average Bonchev–Trinajstić information content (AvgIpc) is 2.55. The number of hydrogen-bond donors (Lipinski definition) is 1. The van der Waals surface area contributed by atoms with Crippen molar-refractivity contribution in [2.45, 2.75) is 13.3 Å². The lowest BCUT2D eigenvalue weighted by Crippen LogP contribution is -2.50. The number of nitrogens with zero attached hydrogens (tertiary/aromatic N) is 2. The average molecular weight is 343 g/mol. The summed E-state index contributed by atoms with van der Waals surface area (Å²) in [7, 11) is -3.37. The van der Waals surface area contributed by atoms with Crippen LogP contribution in [0.25, 0.3) is 0 Å². The van der Waals surface area contributed by atoms with Crippen LogP contribution in [0.15, 0.2) is 24.3 Å². The van der Waals surface area contributed by atoms with Crippen LogP contribution in [0.5, 0.6) is 0 Å². The number of halogens is 1. The van der Waals surface area contributed by atoms with Crippen molar-refractivity contribution in [1.82, 2.24) is 9.62 Å². The van der Waals surface area contributed by atoms with E-state index in [4.69, 9.17) is 0 Å². The summed E-state index contributed by atoms with van der Waals surface area (Å²) in [6, 6.07) is 6.18. The fraction of sp³-hybridized carbons (Fsp3) is 0.533. The highest BCUT2D eigenvalue weighted by molar-refractivity contribution is 7.89. The van der Waals surface area contributed by atoms with Crippen LogP contribution in [-0.4, -0.2) is 57.1 Å². The third kappa shape index (κ3) is 4.90. The van der Waals surface area contributed by atoms with Crippen LogP contribution in [0.1, 0.15) is 13.3 Å². The molecule has 0 unspecified atom stereocenters. The molecular formula is C15H22FN3O3S. The van der Waals surface area contributed by atoms with Crippen molar-refractivity contribution < 1.29 is 17.6 Å². The molecule has 1 saturated heterocycles. The molecule has 0 saturated carbocycles. The molecule has 23 heavy (non-hydrogen) atoms. The quantitative estimate of drug-likeness (QED) is 0.830. The summed E-state index contributed by atoms with van der Waals surface area (Å²) in [6.45, 7) is 3.76. The Bertz CT molecular complexity index is 626.